The number of nitrogens with zero attached hydrogens (tertiary/aromatic N) is 2. The molecule has 1 fully saturated rings. The Balaban J connectivity index is 1.82. The molecule has 3 aromatic rings. The van der Waals surface area contributed by atoms with Crippen molar-refractivity contribution in [1.82, 2.24) is 20.3 Å². The first-order valence-electron chi connectivity index (χ1n) is 8.37. The minimum Gasteiger partial charge on any atom is -0.447 e. The summed E-state index contributed by atoms with van der Waals surface area (Å²) in [7, 11) is 0. The van der Waals surface area contributed by atoms with Crippen LogP contribution in [0.25, 0.3) is 22.5 Å². The number of ether oxygens (including phenoxy) is 1. The number of pyridine rings is 1. The van der Waals surface area contributed by atoms with E-state index in [0.717, 1.165) is 16.8 Å². The van der Waals surface area contributed by atoms with E-state index in [0.29, 0.717) is 11.5 Å². The van der Waals surface area contributed by atoms with Gasteiger partial charge in [-0.3, -0.25) is 4.98 Å². The van der Waals surface area contributed by atoms with Crippen molar-refractivity contribution in [2.24, 2.45) is 0 Å². The van der Waals surface area contributed by atoms with Crippen LogP contribution in [0.2, 0.25) is 0 Å². The predicted octanol–water partition coefficient (Wildman–Crippen LogP) is 3.53. The lowest BCUT2D eigenvalue weighted by Crippen LogP contribution is -2.42. The lowest BCUT2D eigenvalue weighted by Gasteiger charge is -2.26. The zero-order valence-corrected chi connectivity index (χ0v) is 15.3. The third-order valence-electron chi connectivity index (χ3n) is 4.62. The van der Waals surface area contributed by atoms with Gasteiger partial charge in [0.15, 0.2) is 0 Å². The molecule has 1 aromatic carbocycles. The molecule has 8 heteroatoms. The summed E-state index contributed by atoms with van der Waals surface area (Å²) < 4.78 is 17.6. The Bertz CT molecular complexity index is 973. The lowest BCUT2D eigenvalue weighted by atomic mass is 10.0. The fourth-order valence-electron chi connectivity index (χ4n) is 3.01. The van der Waals surface area contributed by atoms with Gasteiger partial charge in [-0.15, -0.1) is 0 Å². The van der Waals surface area contributed by atoms with Gasteiger partial charge < -0.3 is 15.0 Å². The molecule has 4 rings (SSSR count). The maximum atomic E-state index is 13.4. The first-order valence-corrected chi connectivity index (χ1v) is 8.82. The van der Waals surface area contributed by atoms with Gasteiger partial charge in [-0.1, -0.05) is 0 Å². The molecule has 1 saturated heterocycles. The average Bonchev–Trinajstić information content (AvgIpc) is 3.30. The standard InChI is InChI=1S/C19H17FN4O2S/c1-19(27,14-10-26-18(25)22-14)17-23-15(11-2-4-13(20)5-3-11)16(24-17)12-6-8-21-9-7-12/h2-9,14,27H,10H2,1H3,(H,22,25)(H,23,24). The number of hydrogen-bond acceptors (Lipinski definition) is 5. The van der Waals surface area contributed by atoms with Crippen molar-refractivity contribution in [2.75, 3.05) is 6.61 Å². The molecule has 0 saturated carbocycles. The van der Waals surface area contributed by atoms with E-state index in [1.807, 2.05) is 19.1 Å². The quantitative estimate of drug-likeness (QED) is 0.601. The fourth-order valence-corrected chi connectivity index (χ4v) is 3.25. The minimum atomic E-state index is -0.799. The Morgan fingerprint density at radius 2 is 1.89 bits per heavy atom. The molecule has 2 aromatic heterocycles. The monoisotopic (exact) mass is 384 g/mol. The first kappa shape index (κ1) is 17.5. The van der Waals surface area contributed by atoms with Gasteiger partial charge in [0.2, 0.25) is 0 Å². The van der Waals surface area contributed by atoms with E-state index in [4.69, 9.17) is 22.3 Å². The van der Waals surface area contributed by atoms with Gasteiger partial charge >= 0.3 is 6.09 Å². The van der Waals surface area contributed by atoms with Gasteiger partial charge in [0.1, 0.15) is 18.2 Å². The maximum absolute atomic E-state index is 13.4. The van der Waals surface area contributed by atoms with Crippen LogP contribution in [0.15, 0.2) is 48.8 Å². The smallest absolute Gasteiger partial charge is 0.407 e. The van der Waals surface area contributed by atoms with Crippen molar-refractivity contribution in [3.8, 4) is 22.5 Å². The number of rotatable bonds is 4. The molecule has 2 N–H and O–H groups in total. The van der Waals surface area contributed by atoms with E-state index < -0.39 is 10.8 Å². The van der Waals surface area contributed by atoms with Crippen LogP contribution in [-0.2, 0) is 9.48 Å². The summed E-state index contributed by atoms with van der Waals surface area (Å²) in [6.07, 6.45) is 2.91. The Hall–Kier alpha value is -2.87. The number of halogens is 1. The van der Waals surface area contributed by atoms with Gasteiger partial charge in [-0.05, 0) is 43.3 Å². The summed E-state index contributed by atoms with van der Waals surface area (Å²) in [6, 6.07) is 9.52. The van der Waals surface area contributed by atoms with Gasteiger partial charge in [0.05, 0.1) is 22.2 Å². The van der Waals surface area contributed by atoms with Crippen molar-refractivity contribution in [1.29, 1.82) is 0 Å². The second kappa shape index (κ2) is 6.70. The lowest BCUT2D eigenvalue weighted by molar-refractivity contribution is 0.176. The molecule has 138 valence electrons. The van der Waals surface area contributed by atoms with Crippen LogP contribution in [0.4, 0.5) is 9.18 Å². The Labute approximate surface area is 160 Å². The van der Waals surface area contributed by atoms with Crippen LogP contribution in [0.5, 0.6) is 0 Å². The Kier molecular flexibility index (Phi) is 4.35. The van der Waals surface area contributed by atoms with Crippen LogP contribution in [-0.4, -0.2) is 33.7 Å². The molecule has 2 unspecified atom stereocenters. The molecule has 6 nitrogen and oxygen atoms in total. The first-order chi connectivity index (χ1) is 12.9. The highest BCUT2D eigenvalue weighted by Crippen LogP contribution is 2.37. The fraction of sp³-hybridized carbons (Fsp3) is 0.211. The van der Waals surface area contributed by atoms with Gasteiger partial charge in [0.25, 0.3) is 0 Å². The molecule has 1 aliphatic rings. The molecular formula is C19H17FN4O2S. The van der Waals surface area contributed by atoms with Crippen molar-refractivity contribution in [3.05, 3.63) is 60.4 Å². The molecule has 27 heavy (non-hydrogen) atoms. The molecule has 1 aliphatic heterocycles. The van der Waals surface area contributed by atoms with Crippen LogP contribution >= 0.6 is 12.6 Å². The van der Waals surface area contributed by atoms with E-state index in [9.17, 15) is 9.18 Å². The van der Waals surface area contributed by atoms with Crippen molar-refractivity contribution >= 4 is 18.7 Å². The minimum absolute atomic E-state index is 0.204. The highest BCUT2D eigenvalue weighted by molar-refractivity contribution is 7.81. The van der Waals surface area contributed by atoms with Gasteiger partial charge in [0, 0.05) is 23.5 Å². The third-order valence-corrected chi connectivity index (χ3v) is 5.15. The van der Waals surface area contributed by atoms with Crippen LogP contribution in [0, 0.1) is 5.82 Å². The Morgan fingerprint density at radius 3 is 2.52 bits per heavy atom. The number of thiol groups is 1. The van der Waals surface area contributed by atoms with Crippen molar-refractivity contribution < 1.29 is 13.9 Å². The highest BCUT2D eigenvalue weighted by atomic mass is 32.1. The summed E-state index contributed by atoms with van der Waals surface area (Å²) in [4.78, 5) is 23.6. The van der Waals surface area contributed by atoms with E-state index >= 15 is 0 Å². The second-order valence-corrected chi connectivity index (χ2v) is 7.42. The SMILES string of the molecule is CC(S)(c1nc(-c2ccc(F)cc2)c(-c2ccncc2)[nH]1)C1COC(=O)N1. The Morgan fingerprint density at radius 1 is 1.19 bits per heavy atom. The molecule has 0 radical (unpaired) electrons. The summed E-state index contributed by atoms with van der Waals surface area (Å²) >= 11 is 4.75. The topological polar surface area (TPSA) is 79.9 Å². The number of alkyl carbamates (subject to hydrolysis) is 1. The summed E-state index contributed by atoms with van der Waals surface area (Å²) in [5, 5.41) is 2.75. The van der Waals surface area contributed by atoms with E-state index in [-0.39, 0.29) is 18.5 Å². The largest absolute Gasteiger partial charge is 0.447 e. The number of nitrogens with one attached hydrogen (secondary N) is 2. The summed E-state index contributed by atoms with van der Waals surface area (Å²) in [5.74, 6) is 0.262. The van der Waals surface area contributed by atoms with Crippen molar-refractivity contribution in [2.45, 2.75) is 17.7 Å². The van der Waals surface area contributed by atoms with Crippen molar-refractivity contribution in [3.63, 3.8) is 0 Å². The van der Waals surface area contributed by atoms with Crippen LogP contribution in [0.3, 0.4) is 0 Å². The normalized spacial score (nSPS) is 18.6. The number of amides is 1. The number of aromatic amines is 1. The average molecular weight is 384 g/mol. The van der Waals surface area contributed by atoms with E-state index in [2.05, 4.69) is 15.3 Å². The van der Waals surface area contributed by atoms with Crippen LogP contribution in [0.1, 0.15) is 12.7 Å². The van der Waals surface area contributed by atoms with Gasteiger partial charge in [-0.25, -0.2) is 14.2 Å². The van der Waals surface area contributed by atoms with Gasteiger partial charge in [-0.2, -0.15) is 12.6 Å². The molecule has 0 spiro atoms. The number of benzene rings is 1. The predicted molar refractivity (Wildman–Crippen MR) is 102 cm³/mol. The summed E-state index contributed by atoms with van der Waals surface area (Å²) in [5.41, 5.74) is 3.09. The third kappa shape index (κ3) is 3.28. The molecule has 0 aliphatic carbocycles. The number of hydrogen-bond donors (Lipinski definition) is 3. The highest BCUT2D eigenvalue weighted by Gasteiger charge is 2.41. The molecule has 3 heterocycles. The number of imidazole rings is 1. The number of carbonyl (C=O) groups excluding carboxylic acids is 1. The zero-order chi connectivity index (χ0) is 19.0. The van der Waals surface area contributed by atoms with E-state index in [1.54, 1.807) is 24.5 Å². The summed E-state index contributed by atoms with van der Waals surface area (Å²) in [6.45, 7) is 2.06. The molecule has 1 amide bonds. The maximum Gasteiger partial charge on any atom is 0.407 e. The zero-order valence-electron chi connectivity index (χ0n) is 14.4. The number of aromatic nitrogens is 3. The van der Waals surface area contributed by atoms with E-state index in [1.165, 1.54) is 12.1 Å². The number of carbonyl (C=O) groups is 1. The number of cyclic esters (lactones) is 1. The van der Waals surface area contributed by atoms with Crippen LogP contribution < -0.4 is 5.32 Å². The molecule has 0 bridgehead atoms. The molecule has 2 atom stereocenters. The number of H-pyrrole nitrogens is 1. The second-order valence-electron chi connectivity index (χ2n) is 6.49. The molecular weight excluding hydrogens is 367 g/mol.